The lowest BCUT2D eigenvalue weighted by molar-refractivity contribution is -0.141. The van der Waals surface area contributed by atoms with Crippen molar-refractivity contribution in [1.82, 2.24) is 4.90 Å². The maximum absolute atomic E-state index is 13.0. The lowest BCUT2D eigenvalue weighted by Gasteiger charge is -2.23. The lowest BCUT2D eigenvalue weighted by atomic mass is 10.1. The maximum Gasteiger partial charge on any atom is 0.308 e. The van der Waals surface area contributed by atoms with Crippen molar-refractivity contribution in [3.8, 4) is 16.2 Å². The molecule has 1 N–H and O–H groups in total. The summed E-state index contributed by atoms with van der Waals surface area (Å²) in [5.41, 5.74) is 2.04. The number of benzene rings is 1. The van der Waals surface area contributed by atoms with E-state index < -0.39 is 11.9 Å². The number of amides is 1. The maximum atomic E-state index is 13.0. The molecule has 1 saturated carbocycles. The second-order valence-corrected chi connectivity index (χ2v) is 7.73. The quantitative estimate of drug-likeness (QED) is 0.887. The number of carbonyl (C=O) groups is 2. The number of ether oxygens (including phenoxy) is 1. The molecule has 1 aliphatic carbocycles. The minimum atomic E-state index is -0.869. The van der Waals surface area contributed by atoms with E-state index in [1.54, 1.807) is 11.8 Å². The first kappa shape index (κ1) is 16.1. The van der Waals surface area contributed by atoms with E-state index in [-0.39, 0.29) is 18.5 Å². The van der Waals surface area contributed by atoms with Crippen molar-refractivity contribution in [1.29, 1.82) is 0 Å². The van der Waals surface area contributed by atoms with Gasteiger partial charge in [0.25, 0.3) is 5.91 Å². The second kappa shape index (κ2) is 6.19. The Bertz CT molecular complexity index is 840. The number of thiophene rings is 1. The molecule has 1 atom stereocenters. The summed E-state index contributed by atoms with van der Waals surface area (Å²) in [6.45, 7) is 2.37. The molecule has 1 aliphatic heterocycles. The molecule has 25 heavy (non-hydrogen) atoms. The van der Waals surface area contributed by atoms with Crippen molar-refractivity contribution in [2.24, 2.45) is 5.92 Å². The zero-order chi connectivity index (χ0) is 17.6. The van der Waals surface area contributed by atoms with Crippen LogP contribution in [0.1, 0.15) is 35.0 Å². The molecule has 0 spiro atoms. The smallest absolute Gasteiger partial charge is 0.308 e. The minimum absolute atomic E-state index is 0.0625. The fraction of sp³-hybridized carbons (Fsp3) is 0.368. The Morgan fingerprint density at radius 1 is 1.36 bits per heavy atom. The molecular weight excluding hydrogens is 338 g/mol. The summed E-state index contributed by atoms with van der Waals surface area (Å²) < 4.78 is 5.76. The number of carbonyl (C=O) groups excluding carboxylic acids is 1. The van der Waals surface area contributed by atoms with Crippen molar-refractivity contribution in [3.05, 3.63) is 40.8 Å². The Hall–Kier alpha value is -2.34. The van der Waals surface area contributed by atoms with Crippen LogP contribution in [-0.4, -0.2) is 34.5 Å². The van der Waals surface area contributed by atoms with E-state index in [0.29, 0.717) is 11.5 Å². The lowest BCUT2D eigenvalue weighted by Crippen LogP contribution is -2.38. The Morgan fingerprint density at radius 2 is 2.12 bits per heavy atom. The molecular formula is C19H19NO4S. The van der Waals surface area contributed by atoms with Crippen LogP contribution in [0.4, 0.5) is 0 Å². The average molecular weight is 357 g/mol. The summed E-state index contributed by atoms with van der Waals surface area (Å²) >= 11 is 1.48. The molecule has 5 nitrogen and oxygen atoms in total. The molecule has 6 heteroatoms. The molecule has 2 aromatic rings. The summed E-state index contributed by atoms with van der Waals surface area (Å²) in [5.74, 6) is -0.656. The largest absolute Gasteiger partial charge is 0.488 e. The SMILES string of the molecule is CC(CN(C(=O)c1cc2c(s1)-c1ccccc1OC2)C1CC1)C(=O)O. The topological polar surface area (TPSA) is 66.8 Å². The molecule has 1 aromatic carbocycles. The van der Waals surface area contributed by atoms with Gasteiger partial charge >= 0.3 is 5.97 Å². The number of hydrogen-bond acceptors (Lipinski definition) is 4. The van der Waals surface area contributed by atoms with Gasteiger partial charge in [0.1, 0.15) is 12.4 Å². The fourth-order valence-electron chi connectivity index (χ4n) is 3.10. The molecule has 1 fully saturated rings. The molecule has 0 saturated heterocycles. The van der Waals surface area contributed by atoms with E-state index in [1.165, 1.54) is 11.3 Å². The predicted octanol–water partition coefficient (Wildman–Crippen LogP) is 3.63. The fourth-order valence-corrected chi connectivity index (χ4v) is 4.26. The monoisotopic (exact) mass is 357 g/mol. The first-order valence-corrected chi connectivity index (χ1v) is 9.25. The van der Waals surface area contributed by atoms with Crippen molar-refractivity contribution >= 4 is 23.2 Å². The molecule has 1 unspecified atom stereocenters. The highest BCUT2D eigenvalue weighted by atomic mass is 32.1. The van der Waals surface area contributed by atoms with Gasteiger partial charge in [0.2, 0.25) is 0 Å². The number of para-hydroxylation sites is 1. The molecule has 130 valence electrons. The molecule has 1 amide bonds. The molecule has 1 aromatic heterocycles. The van der Waals surface area contributed by atoms with Gasteiger partial charge in [-0.25, -0.2) is 0 Å². The number of rotatable bonds is 5. The molecule has 0 radical (unpaired) electrons. The molecule has 2 aliphatic rings. The van der Waals surface area contributed by atoms with Crippen LogP contribution in [-0.2, 0) is 11.4 Å². The number of hydrogen-bond donors (Lipinski definition) is 1. The van der Waals surface area contributed by atoms with E-state index in [9.17, 15) is 14.7 Å². The third-order valence-electron chi connectivity index (χ3n) is 4.68. The van der Waals surface area contributed by atoms with E-state index >= 15 is 0 Å². The number of fused-ring (bicyclic) bond motifs is 3. The van der Waals surface area contributed by atoms with Crippen molar-refractivity contribution in [2.45, 2.75) is 32.4 Å². The van der Waals surface area contributed by atoms with E-state index in [0.717, 1.165) is 34.6 Å². The Balaban J connectivity index is 1.63. The number of carboxylic acids is 1. The Labute approximate surface area is 149 Å². The summed E-state index contributed by atoms with van der Waals surface area (Å²) in [5, 5.41) is 9.18. The van der Waals surface area contributed by atoms with Gasteiger partial charge in [0.05, 0.1) is 10.8 Å². The van der Waals surface area contributed by atoms with Gasteiger partial charge in [-0.15, -0.1) is 11.3 Å². The van der Waals surface area contributed by atoms with Crippen LogP contribution in [0.25, 0.3) is 10.4 Å². The standard InChI is InChI=1S/C19H19NO4S/c1-11(19(22)23)9-20(13-6-7-13)18(21)16-8-12-10-24-15-5-3-2-4-14(15)17(12)25-16/h2-5,8,11,13H,6-7,9-10H2,1H3,(H,22,23). The van der Waals surface area contributed by atoms with Gasteiger partial charge in [-0.05, 0) is 31.0 Å². The summed E-state index contributed by atoms with van der Waals surface area (Å²) in [6.07, 6.45) is 1.91. The van der Waals surface area contributed by atoms with Gasteiger partial charge in [-0.1, -0.05) is 19.1 Å². The van der Waals surface area contributed by atoms with Gasteiger partial charge in [0.15, 0.2) is 0 Å². The molecule has 0 bridgehead atoms. The van der Waals surface area contributed by atoms with E-state index in [4.69, 9.17) is 4.74 Å². The van der Waals surface area contributed by atoms with E-state index in [2.05, 4.69) is 0 Å². The van der Waals surface area contributed by atoms with Crippen LogP contribution in [0.15, 0.2) is 30.3 Å². The highest BCUT2D eigenvalue weighted by Crippen LogP contribution is 2.43. The van der Waals surface area contributed by atoms with Crippen molar-refractivity contribution < 1.29 is 19.4 Å². The second-order valence-electron chi connectivity index (χ2n) is 6.68. The van der Waals surface area contributed by atoms with Crippen LogP contribution >= 0.6 is 11.3 Å². The van der Waals surface area contributed by atoms with E-state index in [1.807, 2.05) is 30.3 Å². The van der Waals surface area contributed by atoms with Gasteiger partial charge in [-0.2, -0.15) is 0 Å². The highest BCUT2D eigenvalue weighted by Gasteiger charge is 2.36. The number of nitrogens with zero attached hydrogens (tertiary/aromatic N) is 1. The third-order valence-corrected chi connectivity index (χ3v) is 5.87. The first-order valence-electron chi connectivity index (χ1n) is 8.43. The van der Waals surface area contributed by atoms with Gasteiger partial charge < -0.3 is 14.7 Å². The number of aliphatic carboxylic acids is 1. The molecule has 2 heterocycles. The van der Waals surface area contributed by atoms with Gasteiger partial charge in [-0.3, -0.25) is 9.59 Å². The normalized spacial score (nSPS) is 16.4. The first-order chi connectivity index (χ1) is 12.0. The van der Waals surface area contributed by atoms with Gasteiger partial charge in [0, 0.05) is 28.6 Å². The summed E-state index contributed by atoms with van der Waals surface area (Å²) in [7, 11) is 0. The predicted molar refractivity (Wildman–Crippen MR) is 94.9 cm³/mol. The minimum Gasteiger partial charge on any atom is -0.488 e. The van der Waals surface area contributed by atoms with Crippen LogP contribution in [0, 0.1) is 5.92 Å². The molecule has 4 rings (SSSR count). The Morgan fingerprint density at radius 3 is 2.84 bits per heavy atom. The van der Waals surface area contributed by atoms with Crippen LogP contribution in [0.2, 0.25) is 0 Å². The summed E-state index contributed by atoms with van der Waals surface area (Å²) in [4.78, 5) is 27.7. The van der Waals surface area contributed by atoms with Crippen molar-refractivity contribution in [2.75, 3.05) is 6.54 Å². The van der Waals surface area contributed by atoms with Crippen molar-refractivity contribution in [3.63, 3.8) is 0 Å². The zero-order valence-corrected chi connectivity index (χ0v) is 14.7. The van der Waals surface area contributed by atoms with Crippen LogP contribution in [0.5, 0.6) is 5.75 Å². The summed E-state index contributed by atoms with van der Waals surface area (Å²) in [6, 6.07) is 9.92. The highest BCUT2D eigenvalue weighted by molar-refractivity contribution is 7.17. The third kappa shape index (κ3) is 3.02. The zero-order valence-electron chi connectivity index (χ0n) is 13.9. The number of carboxylic acid groups (broad SMARTS) is 1. The average Bonchev–Trinajstić information content (AvgIpc) is 3.35. The van der Waals surface area contributed by atoms with Crippen LogP contribution < -0.4 is 4.74 Å². The Kier molecular flexibility index (Phi) is 4.00. The van der Waals surface area contributed by atoms with Crippen LogP contribution in [0.3, 0.4) is 0 Å².